The molecule has 1 amide bonds. The third kappa shape index (κ3) is 4.85. The number of fused-ring (bicyclic) bond motifs is 1. The summed E-state index contributed by atoms with van der Waals surface area (Å²) >= 11 is 0. The second-order valence-corrected chi connectivity index (χ2v) is 9.17. The van der Waals surface area contributed by atoms with Crippen LogP contribution in [0, 0.1) is 11.7 Å². The summed E-state index contributed by atoms with van der Waals surface area (Å²) in [5.74, 6) is 1.09. The summed E-state index contributed by atoms with van der Waals surface area (Å²) in [5.41, 5.74) is 4.16. The van der Waals surface area contributed by atoms with Gasteiger partial charge in [-0.3, -0.25) is 9.48 Å². The number of carbonyl (C=O) groups excluding carboxylic acids is 1. The van der Waals surface area contributed by atoms with Crippen molar-refractivity contribution in [2.75, 3.05) is 0 Å². The summed E-state index contributed by atoms with van der Waals surface area (Å²) in [5, 5.41) is 7.05. The first-order chi connectivity index (χ1) is 16.6. The van der Waals surface area contributed by atoms with E-state index in [2.05, 4.69) is 25.4 Å². The molecule has 34 heavy (non-hydrogen) atoms. The first-order valence-electron chi connectivity index (χ1n) is 12.0. The second-order valence-electron chi connectivity index (χ2n) is 9.17. The lowest BCUT2D eigenvalue weighted by molar-refractivity contribution is -0.121. The fraction of sp³-hybridized carbons (Fsp3) is 0.385. The molecule has 0 radical (unpaired) electrons. The molecule has 0 unspecified atom stereocenters. The van der Waals surface area contributed by atoms with Crippen molar-refractivity contribution >= 4 is 17.1 Å². The van der Waals surface area contributed by atoms with Crippen LogP contribution in [-0.2, 0) is 18.4 Å². The van der Waals surface area contributed by atoms with Crippen LogP contribution in [0.1, 0.15) is 50.5 Å². The lowest BCUT2D eigenvalue weighted by Crippen LogP contribution is -2.23. The van der Waals surface area contributed by atoms with Crippen molar-refractivity contribution in [1.82, 2.24) is 30.0 Å². The molecule has 0 bridgehead atoms. The molecule has 2 N–H and O–H groups in total. The van der Waals surface area contributed by atoms with E-state index < -0.39 is 0 Å². The molecular weight excluding hydrogens is 431 g/mol. The number of rotatable bonds is 8. The summed E-state index contributed by atoms with van der Waals surface area (Å²) in [4.78, 5) is 24.4. The highest BCUT2D eigenvalue weighted by Crippen LogP contribution is 2.30. The minimum Gasteiger partial charge on any atom is -0.352 e. The molecule has 7 nitrogen and oxygen atoms in total. The van der Waals surface area contributed by atoms with Crippen molar-refractivity contribution in [3.8, 4) is 22.5 Å². The monoisotopic (exact) mass is 460 g/mol. The zero-order chi connectivity index (χ0) is 23.5. The van der Waals surface area contributed by atoms with Gasteiger partial charge in [-0.2, -0.15) is 5.10 Å². The molecule has 0 atom stereocenters. The highest BCUT2D eigenvalue weighted by molar-refractivity contribution is 5.91. The number of amides is 1. The minimum atomic E-state index is -0.347. The van der Waals surface area contributed by atoms with Gasteiger partial charge in [-0.1, -0.05) is 37.8 Å². The maximum Gasteiger partial charge on any atom is 0.220 e. The minimum absolute atomic E-state index is 0.0160. The van der Waals surface area contributed by atoms with Gasteiger partial charge >= 0.3 is 0 Å². The van der Waals surface area contributed by atoms with Gasteiger partial charge in [0.2, 0.25) is 5.91 Å². The molecule has 0 aliphatic heterocycles. The van der Waals surface area contributed by atoms with Crippen LogP contribution in [0.2, 0.25) is 0 Å². The van der Waals surface area contributed by atoms with Crippen molar-refractivity contribution in [2.45, 2.75) is 51.5 Å². The normalized spacial score (nSPS) is 14.2. The number of hydrogen-bond donors (Lipinski definition) is 2. The van der Waals surface area contributed by atoms with Crippen LogP contribution in [0.25, 0.3) is 33.7 Å². The van der Waals surface area contributed by atoms with Gasteiger partial charge in [0.05, 0.1) is 17.3 Å². The summed E-state index contributed by atoms with van der Waals surface area (Å²) in [7, 11) is 1.85. The maximum absolute atomic E-state index is 14.9. The summed E-state index contributed by atoms with van der Waals surface area (Å²) in [6.45, 7) is 0.190. The number of benzene rings is 1. The summed E-state index contributed by atoms with van der Waals surface area (Å²) < 4.78 is 16.6. The van der Waals surface area contributed by atoms with Gasteiger partial charge in [-0.05, 0) is 36.5 Å². The summed E-state index contributed by atoms with van der Waals surface area (Å²) in [6.07, 6.45) is 13.0. The number of aryl methyl sites for hydroxylation is 1. The summed E-state index contributed by atoms with van der Waals surface area (Å²) in [6, 6.07) is 6.94. The number of nitrogens with one attached hydrogen (secondary N) is 2. The van der Waals surface area contributed by atoms with Gasteiger partial charge < -0.3 is 10.3 Å². The van der Waals surface area contributed by atoms with Crippen molar-refractivity contribution in [3.63, 3.8) is 0 Å². The van der Waals surface area contributed by atoms with E-state index >= 15 is 0 Å². The molecule has 4 aromatic rings. The Bertz CT molecular complexity index is 1300. The number of halogens is 1. The topological polar surface area (TPSA) is 88.5 Å². The van der Waals surface area contributed by atoms with Crippen molar-refractivity contribution in [3.05, 3.63) is 54.2 Å². The molecule has 3 aromatic heterocycles. The SMILES string of the molecule is Cn1cc(-c2nc3nccc(-c4ccc(CNC(=O)CCCC5CCCC5)c(F)c4)c3[nH]2)cn1. The Morgan fingerprint density at radius 3 is 2.85 bits per heavy atom. The standard InChI is InChI=1S/C26H29FN6O/c1-33-16-20(15-30-33)25-31-24-21(11-12-28-26(24)32-25)18-9-10-19(22(27)13-18)14-29-23(34)8-4-7-17-5-2-3-6-17/h9-13,15-17H,2-8,14H2,1H3,(H,29,34)(H,28,31,32). The first-order valence-corrected chi connectivity index (χ1v) is 12.0. The van der Waals surface area contributed by atoms with Crippen molar-refractivity contribution < 1.29 is 9.18 Å². The van der Waals surface area contributed by atoms with Gasteiger partial charge in [-0.25, -0.2) is 14.4 Å². The molecule has 176 valence electrons. The molecule has 1 aromatic carbocycles. The van der Waals surface area contributed by atoms with E-state index in [1.54, 1.807) is 23.1 Å². The molecule has 1 aliphatic rings. The smallest absolute Gasteiger partial charge is 0.220 e. The van der Waals surface area contributed by atoms with Crippen LogP contribution in [0.5, 0.6) is 0 Å². The largest absolute Gasteiger partial charge is 0.352 e. The number of nitrogens with zero attached hydrogens (tertiary/aromatic N) is 4. The molecule has 8 heteroatoms. The van der Waals surface area contributed by atoms with Crippen molar-refractivity contribution in [2.24, 2.45) is 13.0 Å². The molecule has 1 aliphatic carbocycles. The van der Waals surface area contributed by atoms with Crippen LogP contribution < -0.4 is 5.32 Å². The molecule has 1 saturated carbocycles. The zero-order valence-corrected chi connectivity index (χ0v) is 19.4. The quantitative estimate of drug-likeness (QED) is 0.381. The van der Waals surface area contributed by atoms with Gasteiger partial charge in [0.1, 0.15) is 11.6 Å². The van der Waals surface area contributed by atoms with Gasteiger partial charge in [-0.15, -0.1) is 0 Å². The van der Waals surface area contributed by atoms with Crippen LogP contribution in [-0.4, -0.2) is 30.6 Å². The fourth-order valence-corrected chi connectivity index (χ4v) is 4.82. The molecular formula is C26H29FN6O. The maximum atomic E-state index is 14.9. The Kier molecular flexibility index (Phi) is 6.38. The number of aromatic nitrogens is 5. The first kappa shape index (κ1) is 22.3. The van der Waals surface area contributed by atoms with Crippen LogP contribution >= 0.6 is 0 Å². The number of imidazole rings is 1. The van der Waals surface area contributed by atoms with Crippen LogP contribution in [0.4, 0.5) is 4.39 Å². The number of hydrogen-bond acceptors (Lipinski definition) is 4. The van der Waals surface area contributed by atoms with Gasteiger partial charge in [0.25, 0.3) is 0 Å². The van der Waals surface area contributed by atoms with E-state index in [4.69, 9.17) is 0 Å². The predicted molar refractivity (Wildman–Crippen MR) is 129 cm³/mol. The lowest BCUT2D eigenvalue weighted by Gasteiger charge is -2.10. The van der Waals surface area contributed by atoms with Gasteiger partial charge in [0.15, 0.2) is 5.65 Å². The van der Waals surface area contributed by atoms with Crippen LogP contribution in [0.3, 0.4) is 0 Å². The molecule has 0 saturated heterocycles. The van der Waals surface area contributed by atoms with E-state index in [-0.39, 0.29) is 18.3 Å². The highest BCUT2D eigenvalue weighted by atomic mass is 19.1. The molecule has 0 spiro atoms. The zero-order valence-electron chi connectivity index (χ0n) is 19.4. The number of H-pyrrole nitrogens is 1. The van der Waals surface area contributed by atoms with Crippen LogP contribution in [0.15, 0.2) is 42.9 Å². The van der Waals surface area contributed by atoms with Crippen molar-refractivity contribution in [1.29, 1.82) is 0 Å². The predicted octanol–water partition coefficient (Wildman–Crippen LogP) is 5.14. The Morgan fingerprint density at radius 1 is 1.24 bits per heavy atom. The second kappa shape index (κ2) is 9.75. The lowest BCUT2D eigenvalue weighted by atomic mass is 10.0. The van der Waals surface area contributed by atoms with E-state index in [0.717, 1.165) is 41.0 Å². The molecule has 1 fully saturated rings. The Labute approximate surface area is 197 Å². The van der Waals surface area contributed by atoms with E-state index in [0.29, 0.717) is 23.5 Å². The Hall–Kier alpha value is -3.55. The fourth-order valence-electron chi connectivity index (χ4n) is 4.82. The van der Waals surface area contributed by atoms with E-state index in [9.17, 15) is 9.18 Å². The Balaban J connectivity index is 1.26. The number of carbonyl (C=O) groups is 1. The highest BCUT2D eigenvalue weighted by Gasteiger charge is 2.16. The van der Waals surface area contributed by atoms with Gasteiger partial charge in [0, 0.05) is 43.5 Å². The van der Waals surface area contributed by atoms with E-state index in [1.165, 1.54) is 31.7 Å². The molecule has 3 heterocycles. The van der Waals surface area contributed by atoms with E-state index in [1.807, 2.05) is 25.4 Å². The average Bonchev–Trinajstić information content (AvgIpc) is 3.58. The third-order valence-corrected chi connectivity index (χ3v) is 6.70. The third-order valence-electron chi connectivity index (χ3n) is 6.70. The number of pyridine rings is 1. The molecule has 5 rings (SSSR count). The Morgan fingerprint density at radius 2 is 2.09 bits per heavy atom. The average molecular weight is 461 g/mol. The number of aromatic amines is 1.